The van der Waals surface area contributed by atoms with Crippen molar-refractivity contribution in [3.8, 4) is 22.9 Å². The normalized spacial score (nSPS) is 11.3. The Morgan fingerprint density at radius 2 is 1.79 bits per heavy atom. The maximum absolute atomic E-state index is 13.1. The number of fused-ring (bicyclic) bond motifs is 1. The molecule has 0 aliphatic heterocycles. The monoisotopic (exact) mass is 466 g/mol. The fourth-order valence-corrected chi connectivity index (χ4v) is 4.20. The van der Waals surface area contributed by atoms with Crippen LogP contribution in [0.25, 0.3) is 22.3 Å². The van der Waals surface area contributed by atoms with Gasteiger partial charge in [-0.05, 0) is 36.6 Å². The van der Waals surface area contributed by atoms with Crippen LogP contribution in [0.15, 0.2) is 56.9 Å². The second-order valence-corrected chi connectivity index (χ2v) is 8.90. The van der Waals surface area contributed by atoms with Gasteiger partial charge in [0.15, 0.2) is 5.16 Å². The van der Waals surface area contributed by atoms with Crippen molar-refractivity contribution in [2.45, 2.75) is 37.7 Å². The molecule has 0 unspecified atom stereocenters. The van der Waals surface area contributed by atoms with Crippen LogP contribution in [0.4, 0.5) is 0 Å². The van der Waals surface area contributed by atoms with Crippen molar-refractivity contribution in [2.75, 3.05) is 14.2 Å². The highest BCUT2D eigenvalue weighted by molar-refractivity contribution is 7.98. The van der Waals surface area contributed by atoms with Gasteiger partial charge in [-0.25, -0.2) is 4.98 Å². The van der Waals surface area contributed by atoms with Gasteiger partial charge in [0.25, 0.3) is 5.56 Å². The first-order valence-corrected chi connectivity index (χ1v) is 11.7. The summed E-state index contributed by atoms with van der Waals surface area (Å²) >= 11 is 1.41. The van der Waals surface area contributed by atoms with Crippen LogP contribution in [0, 0.1) is 5.92 Å². The SMILES string of the molecule is COc1cc(OC)cc(-c2noc(CSc3nc4ccccc4c(=O)n3CCC(C)C)n2)c1. The first-order chi connectivity index (χ1) is 16.0. The van der Waals surface area contributed by atoms with Gasteiger partial charge in [0.2, 0.25) is 11.7 Å². The van der Waals surface area contributed by atoms with E-state index in [0.29, 0.717) is 57.5 Å². The number of hydrogen-bond acceptors (Lipinski definition) is 8. The topological polar surface area (TPSA) is 92.3 Å². The van der Waals surface area contributed by atoms with Crippen LogP contribution in [0.5, 0.6) is 11.5 Å². The summed E-state index contributed by atoms with van der Waals surface area (Å²) in [6.07, 6.45) is 0.885. The van der Waals surface area contributed by atoms with Crippen molar-refractivity contribution < 1.29 is 14.0 Å². The third-order valence-corrected chi connectivity index (χ3v) is 6.12. The number of aromatic nitrogens is 4. The minimum atomic E-state index is -0.0292. The fraction of sp³-hybridized carbons (Fsp3) is 0.333. The van der Waals surface area contributed by atoms with E-state index < -0.39 is 0 Å². The van der Waals surface area contributed by atoms with Gasteiger partial charge in [0.1, 0.15) is 11.5 Å². The second kappa shape index (κ2) is 10.1. The van der Waals surface area contributed by atoms with E-state index in [-0.39, 0.29) is 5.56 Å². The number of nitrogens with zero attached hydrogens (tertiary/aromatic N) is 4. The standard InChI is InChI=1S/C24H26N4O4S/c1-15(2)9-10-28-23(29)19-7-5-6-8-20(19)25-24(28)33-14-21-26-22(27-32-21)16-11-17(30-3)13-18(12-16)31-4/h5-8,11-13,15H,9-10,14H2,1-4H3. The smallest absolute Gasteiger partial charge is 0.262 e. The maximum Gasteiger partial charge on any atom is 0.262 e. The first kappa shape index (κ1) is 22.8. The van der Waals surface area contributed by atoms with E-state index in [2.05, 4.69) is 24.0 Å². The van der Waals surface area contributed by atoms with Gasteiger partial charge in [0.05, 0.1) is 30.9 Å². The molecule has 4 rings (SSSR count). The molecule has 0 fully saturated rings. The number of benzene rings is 2. The molecule has 0 aliphatic carbocycles. The predicted molar refractivity (Wildman–Crippen MR) is 128 cm³/mol. The molecule has 0 N–H and O–H groups in total. The lowest BCUT2D eigenvalue weighted by molar-refractivity contribution is 0.390. The molecule has 33 heavy (non-hydrogen) atoms. The van der Waals surface area contributed by atoms with Gasteiger partial charge in [-0.2, -0.15) is 4.98 Å². The Labute approximate surface area is 195 Å². The van der Waals surface area contributed by atoms with Gasteiger partial charge in [0, 0.05) is 18.2 Å². The molecule has 2 aromatic carbocycles. The molecular weight excluding hydrogens is 440 g/mol. The summed E-state index contributed by atoms with van der Waals surface area (Å²) in [5.41, 5.74) is 1.38. The van der Waals surface area contributed by atoms with Gasteiger partial charge in [-0.1, -0.05) is 42.9 Å². The van der Waals surface area contributed by atoms with E-state index in [1.54, 1.807) is 24.9 Å². The summed E-state index contributed by atoms with van der Waals surface area (Å²) in [4.78, 5) is 22.4. The largest absolute Gasteiger partial charge is 0.497 e. The molecule has 4 aromatic rings. The Kier molecular flexibility index (Phi) is 6.98. The van der Waals surface area contributed by atoms with E-state index in [9.17, 15) is 4.79 Å². The van der Waals surface area contributed by atoms with Crippen LogP contribution in [0.2, 0.25) is 0 Å². The Bertz CT molecular complexity index is 1290. The minimum absolute atomic E-state index is 0.0292. The van der Waals surface area contributed by atoms with Gasteiger partial charge in [-0.15, -0.1) is 0 Å². The molecule has 0 saturated carbocycles. The van der Waals surface area contributed by atoms with Crippen molar-refractivity contribution in [1.29, 1.82) is 0 Å². The molecule has 0 bridgehead atoms. The zero-order chi connectivity index (χ0) is 23.4. The molecule has 2 heterocycles. The highest BCUT2D eigenvalue weighted by atomic mass is 32.2. The molecule has 0 aliphatic rings. The molecule has 0 amide bonds. The number of hydrogen-bond donors (Lipinski definition) is 0. The summed E-state index contributed by atoms with van der Waals surface area (Å²) in [6, 6.07) is 12.8. The highest BCUT2D eigenvalue weighted by Gasteiger charge is 2.16. The van der Waals surface area contributed by atoms with E-state index in [1.165, 1.54) is 11.8 Å². The Morgan fingerprint density at radius 3 is 2.48 bits per heavy atom. The quantitative estimate of drug-likeness (QED) is 0.256. The second-order valence-electron chi connectivity index (χ2n) is 7.95. The maximum atomic E-state index is 13.1. The number of para-hydroxylation sites is 1. The summed E-state index contributed by atoms with van der Waals surface area (Å²) in [5.74, 6) is 3.01. The van der Waals surface area contributed by atoms with Gasteiger partial charge >= 0.3 is 0 Å². The average molecular weight is 467 g/mol. The van der Waals surface area contributed by atoms with Crippen LogP contribution in [0.1, 0.15) is 26.2 Å². The lowest BCUT2D eigenvalue weighted by atomic mass is 10.1. The molecule has 0 radical (unpaired) electrons. The Balaban J connectivity index is 1.60. The lowest BCUT2D eigenvalue weighted by Gasteiger charge is -2.13. The summed E-state index contributed by atoms with van der Waals surface area (Å²) in [6.45, 7) is 4.88. The van der Waals surface area contributed by atoms with Crippen LogP contribution < -0.4 is 15.0 Å². The van der Waals surface area contributed by atoms with Crippen molar-refractivity contribution in [3.63, 3.8) is 0 Å². The average Bonchev–Trinajstić information content (AvgIpc) is 3.31. The number of ether oxygens (including phenoxy) is 2. The van der Waals surface area contributed by atoms with Crippen molar-refractivity contribution in [1.82, 2.24) is 19.7 Å². The molecule has 8 nitrogen and oxygen atoms in total. The van der Waals surface area contributed by atoms with Crippen LogP contribution in [-0.4, -0.2) is 33.9 Å². The summed E-state index contributed by atoms with van der Waals surface area (Å²) in [7, 11) is 3.18. The van der Waals surface area contributed by atoms with E-state index in [0.717, 1.165) is 12.0 Å². The Morgan fingerprint density at radius 1 is 1.06 bits per heavy atom. The van der Waals surface area contributed by atoms with Gasteiger partial charge in [-0.3, -0.25) is 9.36 Å². The minimum Gasteiger partial charge on any atom is -0.497 e. The summed E-state index contributed by atoms with van der Waals surface area (Å²) in [5, 5.41) is 5.36. The van der Waals surface area contributed by atoms with E-state index in [4.69, 9.17) is 19.0 Å². The van der Waals surface area contributed by atoms with E-state index in [1.807, 2.05) is 36.4 Å². The number of rotatable bonds is 9. The van der Waals surface area contributed by atoms with Crippen LogP contribution in [-0.2, 0) is 12.3 Å². The highest BCUT2D eigenvalue weighted by Crippen LogP contribution is 2.29. The zero-order valence-electron chi connectivity index (χ0n) is 19.1. The van der Waals surface area contributed by atoms with Crippen molar-refractivity contribution in [3.05, 3.63) is 58.7 Å². The molecule has 9 heteroatoms. The molecule has 2 aromatic heterocycles. The third kappa shape index (κ3) is 5.19. The van der Waals surface area contributed by atoms with Crippen molar-refractivity contribution in [2.24, 2.45) is 5.92 Å². The van der Waals surface area contributed by atoms with Crippen LogP contribution in [0.3, 0.4) is 0 Å². The third-order valence-electron chi connectivity index (χ3n) is 5.16. The zero-order valence-corrected chi connectivity index (χ0v) is 19.9. The van der Waals surface area contributed by atoms with Crippen LogP contribution >= 0.6 is 11.8 Å². The van der Waals surface area contributed by atoms with Gasteiger partial charge < -0.3 is 14.0 Å². The summed E-state index contributed by atoms with van der Waals surface area (Å²) < 4.78 is 17.9. The lowest BCUT2D eigenvalue weighted by Crippen LogP contribution is -2.24. The predicted octanol–water partition coefficient (Wildman–Crippen LogP) is 4.80. The molecule has 0 atom stereocenters. The fourth-order valence-electron chi connectivity index (χ4n) is 3.34. The molecular formula is C24H26N4O4S. The number of thioether (sulfide) groups is 1. The van der Waals surface area contributed by atoms with E-state index >= 15 is 0 Å². The molecule has 0 spiro atoms. The molecule has 0 saturated heterocycles. The number of methoxy groups -OCH3 is 2. The van der Waals surface area contributed by atoms with Crippen molar-refractivity contribution >= 4 is 22.7 Å². The molecule has 172 valence electrons. The first-order valence-electron chi connectivity index (χ1n) is 10.7. The Hall–Kier alpha value is -3.33.